The van der Waals surface area contributed by atoms with E-state index in [2.05, 4.69) is 6.92 Å². The van der Waals surface area contributed by atoms with Crippen LogP contribution in [0.5, 0.6) is 0 Å². The standard InChI is InChI=1S/C25H31F3O2/c1-3-5-6-14-29-19-10-13-23(30-16-19)18-9-11-20(22(26)15-18)21-12-8-17(7-4-2)24(27)25(21)28/h8-9,11-12,15,19,23H,3-7,10,13-14,16H2,1-2H3. The molecule has 2 atom stereocenters. The highest BCUT2D eigenvalue weighted by Crippen LogP contribution is 2.34. The van der Waals surface area contributed by atoms with Crippen LogP contribution in [0.15, 0.2) is 30.3 Å². The first-order valence-corrected chi connectivity index (χ1v) is 11.0. The molecule has 1 heterocycles. The summed E-state index contributed by atoms with van der Waals surface area (Å²) in [4.78, 5) is 0. The summed E-state index contributed by atoms with van der Waals surface area (Å²) in [5.41, 5.74) is 1.04. The lowest BCUT2D eigenvalue weighted by Gasteiger charge is -2.29. The summed E-state index contributed by atoms with van der Waals surface area (Å²) in [6.07, 6.45) is 6.02. The second kappa shape index (κ2) is 11.0. The molecule has 1 fully saturated rings. The van der Waals surface area contributed by atoms with Crippen molar-refractivity contribution in [1.82, 2.24) is 0 Å². The number of unbranched alkanes of at least 4 members (excludes halogenated alkanes) is 2. The summed E-state index contributed by atoms with van der Waals surface area (Å²) < 4.78 is 55.3. The van der Waals surface area contributed by atoms with Gasteiger partial charge in [-0.1, -0.05) is 57.4 Å². The van der Waals surface area contributed by atoms with E-state index in [-0.39, 0.29) is 23.3 Å². The second-order valence-corrected chi connectivity index (χ2v) is 7.99. The lowest BCUT2D eigenvalue weighted by molar-refractivity contribution is -0.0873. The van der Waals surface area contributed by atoms with Gasteiger partial charge in [0.1, 0.15) is 5.82 Å². The average molecular weight is 421 g/mol. The highest BCUT2D eigenvalue weighted by molar-refractivity contribution is 5.66. The monoisotopic (exact) mass is 420 g/mol. The van der Waals surface area contributed by atoms with Crippen molar-refractivity contribution in [2.24, 2.45) is 0 Å². The molecule has 2 nitrogen and oxygen atoms in total. The van der Waals surface area contributed by atoms with E-state index in [1.807, 2.05) is 6.92 Å². The van der Waals surface area contributed by atoms with Gasteiger partial charge in [-0.15, -0.1) is 0 Å². The SMILES string of the molecule is CCCCCOC1CCC(c2ccc(-c3ccc(CCC)c(F)c3F)c(F)c2)OC1. The molecule has 0 spiro atoms. The van der Waals surface area contributed by atoms with Gasteiger partial charge in [0.05, 0.1) is 18.8 Å². The van der Waals surface area contributed by atoms with Crippen LogP contribution in [0.2, 0.25) is 0 Å². The van der Waals surface area contributed by atoms with Gasteiger partial charge in [0.15, 0.2) is 11.6 Å². The zero-order chi connectivity index (χ0) is 21.5. The number of benzene rings is 2. The van der Waals surface area contributed by atoms with Crippen molar-refractivity contribution >= 4 is 0 Å². The Hall–Kier alpha value is -1.85. The number of halogens is 3. The molecule has 0 bridgehead atoms. The van der Waals surface area contributed by atoms with Gasteiger partial charge in [-0.05, 0) is 42.9 Å². The van der Waals surface area contributed by atoms with Crippen molar-refractivity contribution in [3.8, 4) is 11.1 Å². The normalized spacial score (nSPS) is 19.2. The summed E-state index contributed by atoms with van der Waals surface area (Å²) >= 11 is 0. The molecule has 1 aliphatic heterocycles. The predicted octanol–water partition coefficient (Wildman–Crippen LogP) is 7.15. The van der Waals surface area contributed by atoms with Crippen LogP contribution in [0, 0.1) is 17.5 Å². The Morgan fingerprint density at radius 1 is 0.933 bits per heavy atom. The first-order valence-electron chi connectivity index (χ1n) is 11.0. The molecule has 2 unspecified atom stereocenters. The van der Waals surface area contributed by atoms with Crippen molar-refractivity contribution in [3.63, 3.8) is 0 Å². The maximum absolute atomic E-state index is 14.8. The molecule has 164 valence electrons. The Morgan fingerprint density at radius 3 is 2.40 bits per heavy atom. The molecule has 30 heavy (non-hydrogen) atoms. The molecular weight excluding hydrogens is 389 g/mol. The molecule has 2 aromatic rings. The smallest absolute Gasteiger partial charge is 0.167 e. The fourth-order valence-corrected chi connectivity index (χ4v) is 3.93. The van der Waals surface area contributed by atoms with Crippen LogP contribution in [0.3, 0.4) is 0 Å². The quantitative estimate of drug-likeness (QED) is 0.401. The molecule has 0 saturated carbocycles. The van der Waals surface area contributed by atoms with Crippen LogP contribution in [0.1, 0.15) is 69.6 Å². The fraction of sp³-hybridized carbons (Fsp3) is 0.520. The molecule has 0 amide bonds. The molecule has 0 aromatic heterocycles. The van der Waals surface area contributed by atoms with E-state index in [4.69, 9.17) is 9.47 Å². The Bertz CT molecular complexity index is 829. The van der Waals surface area contributed by atoms with Crippen LogP contribution in [-0.4, -0.2) is 19.3 Å². The molecule has 0 radical (unpaired) electrons. The highest BCUT2D eigenvalue weighted by atomic mass is 19.2. The van der Waals surface area contributed by atoms with E-state index in [0.29, 0.717) is 30.6 Å². The van der Waals surface area contributed by atoms with E-state index in [0.717, 1.165) is 38.7 Å². The molecular formula is C25H31F3O2. The van der Waals surface area contributed by atoms with E-state index < -0.39 is 17.5 Å². The zero-order valence-electron chi connectivity index (χ0n) is 17.9. The van der Waals surface area contributed by atoms with Gasteiger partial charge in [-0.25, -0.2) is 13.2 Å². The third kappa shape index (κ3) is 5.44. The van der Waals surface area contributed by atoms with Crippen LogP contribution >= 0.6 is 0 Å². The predicted molar refractivity (Wildman–Crippen MR) is 113 cm³/mol. The Morgan fingerprint density at radius 2 is 1.73 bits per heavy atom. The minimum Gasteiger partial charge on any atom is -0.376 e. The minimum absolute atomic E-state index is 0.0542. The summed E-state index contributed by atoms with van der Waals surface area (Å²) in [7, 11) is 0. The van der Waals surface area contributed by atoms with Gasteiger partial charge in [-0.2, -0.15) is 0 Å². The molecule has 0 N–H and O–H groups in total. The first-order chi connectivity index (χ1) is 14.5. The van der Waals surface area contributed by atoms with Gasteiger partial charge in [0.2, 0.25) is 0 Å². The Balaban J connectivity index is 1.66. The van der Waals surface area contributed by atoms with Crippen molar-refractivity contribution in [3.05, 3.63) is 58.9 Å². The number of ether oxygens (including phenoxy) is 2. The fourth-order valence-electron chi connectivity index (χ4n) is 3.93. The van der Waals surface area contributed by atoms with Gasteiger partial charge in [-0.3, -0.25) is 0 Å². The van der Waals surface area contributed by atoms with E-state index in [1.165, 1.54) is 24.3 Å². The summed E-state index contributed by atoms with van der Waals surface area (Å²) in [5.74, 6) is -2.46. The van der Waals surface area contributed by atoms with Crippen LogP contribution < -0.4 is 0 Å². The Labute approximate surface area is 177 Å². The lowest BCUT2D eigenvalue weighted by Crippen LogP contribution is -2.28. The van der Waals surface area contributed by atoms with Gasteiger partial charge >= 0.3 is 0 Å². The minimum atomic E-state index is -0.996. The van der Waals surface area contributed by atoms with Crippen LogP contribution in [-0.2, 0) is 15.9 Å². The molecule has 1 aliphatic rings. The van der Waals surface area contributed by atoms with Crippen LogP contribution in [0.4, 0.5) is 13.2 Å². The van der Waals surface area contributed by atoms with Crippen molar-refractivity contribution in [1.29, 1.82) is 0 Å². The van der Waals surface area contributed by atoms with Gasteiger partial charge in [0, 0.05) is 17.7 Å². The molecule has 1 saturated heterocycles. The van der Waals surface area contributed by atoms with Gasteiger partial charge in [0.25, 0.3) is 0 Å². The third-order valence-corrected chi connectivity index (χ3v) is 5.67. The number of hydrogen-bond donors (Lipinski definition) is 0. The van der Waals surface area contributed by atoms with E-state index >= 15 is 0 Å². The Kier molecular flexibility index (Phi) is 8.34. The maximum atomic E-state index is 14.8. The highest BCUT2D eigenvalue weighted by Gasteiger charge is 2.25. The van der Waals surface area contributed by atoms with Crippen molar-refractivity contribution in [2.75, 3.05) is 13.2 Å². The summed E-state index contributed by atoms with van der Waals surface area (Å²) in [6.45, 7) is 5.29. The second-order valence-electron chi connectivity index (χ2n) is 7.99. The third-order valence-electron chi connectivity index (χ3n) is 5.67. The first kappa shape index (κ1) is 22.8. The number of hydrogen-bond acceptors (Lipinski definition) is 2. The largest absolute Gasteiger partial charge is 0.376 e. The maximum Gasteiger partial charge on any atom is 0.167 e. The zero-order valence-corrected chi connectivity index (χ0v) is 17.9. The number of aryl methyl sites for hydroxylation is 1. The lowest BCUT2D eigenvalue weighted by atomic mass is 9.95. The van der Waals surface area contributed by atoms with Gasteiger partial charge < -0.3 is 9.47 Å². The molecule has 3 rings (SSSR count). The topological polar surface area (TPSA) is 18.5 Å². The van der Waals surface area contributed by atoms with E-state index in [9.17, 15) is 13.2 Å². The molecule has 2 aromatic carbocycles. The number of rotatable bonds is 9. The van der Waals surface area contributed by atoms with Crippen molar-refractivity contribution < 1.29 is 22.6 Å². The van der Waals surface area contributed by atoms with Crippen LogP contribution in [0.25, 0.3) is 11.1 Å². The van der Waals surface area contributed by atoms with Crippen molar-refractivity contribution in [2.45, 2.75) is 71.0 Å². The molecule has 0 aliphatic carbocycles. The molecule has 5 heteroatoms. The average Bonchev–Trinajstić information content (AvgIpc) is 2.76. The summed E-state index contributed by atoms with van der Waals surface area (Å²) in [5, 5.41) is 0. The summed E-state index contributed by atoms with van der Waals surface area (Å²) in [6, 6.07) is 7.62. The van der Waals surface area contributed by atoms with E-state index in [1.54, 1.807) is 6.07 Å².